The Kier molecular flexibility index (Phi) is 23.0. The summed E-state index contributed by atoms with van der Waals surface area (Å²) in [6.07, 6.45) is 11.6. The molecule has 0 spiro atoms. The van der Waals surface area contributed by atoms with Crippen LogP contribution in [-0.4, -0.2) is 0 Å². The van der Waals surface area contributed by atoms with E-state index in [0.29, 0.717) is 0 Å². The standard InChI is InChI=1S/2C8H17.Nd.H3O3P/c2*1-4-6-7-8(3)5-2;;1-4(2)3/h2*8H,3-7H2,1-2H3;;4H,(H2,1,2,3)/q;;+2;/p-2. The Balaban J connectivity index is 0. The molecule has 3 nitrogen and oxygen atoms in total. The predicted molar refractivity (Wildman–Crippen MR) is 85.2 cm³/mol. The first-order valence-electron chi connectivity index (χ1n) is 8.60. The van der Waals surface area contributed by atoms with Crippen molar-refractivity contribution in [3.8, 4) is 0 Å². The molecule has 0 rings (SSSR count). The van der Waals surface area contributed by atoms with Crippen LogP contribution in [0.4, 0.5) is 0 Å². The van der Waals surface area contributed by atoms with Gasteiger partial charge in [-0.15, -0.1) is 0 Å². The van der Waals surface area contributed by atoms with Gasteiger partial charge in [0.05, 0.1) is 0 Å². The first-order chi connectivity index (χ1) is 10.0. The number of unbranched alkanes of at least 4 members (excludes halogenated alkanes) is 2. The minimum absolute atomic E-state index is 0.257. The minimum atomic E-state index is -3.63. The van der Waals surface area contributed by atoms with Gasteiger partial charge in [-0.3, -0.25) is 0 Å². The summed E-state index contributed by atoms with van der Waals surface area (Å²) < 4.78 is 11.9. The van der Waals surface area contributed by atoms with Crippen molar-refractivity contribution in [3.05, 3.63) is 0 Å². The van der Waals surface area contributed by atoms with Crippen LogP contribution >= 0.6 is 8.25 Å². The van der Waals surface area contributed by atoms with E-state index >= 15 is 0 Å². The number of rotatable bonds is 12. The summed E-state index contributed by atoms with van der Waals surface area (Å²) >= 11 is -0.257. The average molecular weight is 451 g/mol. The van der Waals surface area contributed by atoms with E-state index in [0.717, 1.165) is 11.8 Å². The van der Waals surface area contributed by atoms with Gasteiger partial charge in [-0.2, -0.15) is 0 Å². The maximum absolute atomic E-state index is 8.52. The fourth-order valence-electron chi connectivity index (χ4n) is 2.38. The molecule has 0 aromatic rings. The monoisotopic (exact) mass is 448 g/mol. The van der Waals surface area contributed by atoms with Crippen molar-refractivity contribution in [3.63, 3.8) is 0 Å². The van der Waals surface area contributed by atoms with Crippen LogP contribution in [0.25, 0.3) is 0 Å². The van der Waals surface area contributed by atoms with Crippen LogP contribution in [0, 0.1) is 48.5 Å². The van der Waals surface area contributed by atoms with Crippen LogP contribution in [0.2, 0.25) is 4.14 Å². The quantitative estimate of drug-likeness (QED) is 0.413. The second-order valence-corrected chi connectivity index (χ2v) is 10.5. The molecule has 2 atom stereocenters. The molecule has 0 aromatic carbocycles. The fourth-order valence-corrected chi connectivity index (χ4v) is 8.69. The van der Waals surface area contributed by atoms with E-state index in [2.05, 4.69) is 27.7 Å². The maximum Gasteiger partial charge on any atom is -0.0813 e. The van der Waals surface area contributed by atoms with E-state index in [1.807, 2.05) is 0 Å². The Morgan fingerprint density at radius 3 is 1.43 bits per heavy atom. The zero-order chi connectivity index (χ0) is 16.5. The van der Waals surface area contributed by atoms with Crippen molar-refractivity contribution in [1.29, 1.82) is 0 Å². The van der Waals surface area contributed by atoms with Gasteiger partial charge in [0.1, 0.15) is 0 Å². The molecule has 0 aliphatic heterocycles. The third-order valence-corrected chi connectivity index (χ3v) is 9.51. The summed E-state index contributed by atoms with van der Waals surface area (Å²) in [5, 5.41) is 0. The van der Waals surface area contributed by atoms with Gasteiger partial charge in [0.25, 0.3) is 0 Å². The van der Waals surface area contributed by atoms with Crippen molar-refractivity contribution >= 4 is 8.25 Å². The molecule has 126 valence electrons. The van der Waals surface area contributed by atoms with Crippen LogP contribution in [-0.2, 0) is 4.57 Å². The SMILES string of the molecule is CCCCC(CC)[CH2][Nd+2][CH2]C(CC)CCCC.O=[PH]([O-])[O-]. The van der Waals surface area contributed by atoms with Gasteiger partial charge < -0.3 is 14.4 Å². The Morgan fingerprint density at radius 2 is 1.19 bits per heavy atom. The number of hydrogen-bond donors (Lipinski definition) is 0. The van der Waals surface area contributed by atoms with Crippen molar-refractivity contribution in [2.75, 3.05) is 0 Å². The van der Waals surface area contributed by atoms with E-state index < -0.39 is 8.25 Å². The second-order valence-electron chi connectivity index (χ2n) is 5.74. The molecule has 0 heterocycles. The zero-order valence-electron chi connectivity index (χ0n) is 14.5. The van der Waals surface area contributed by atoms with E-state index in [4.69, 9.17) is 14.4 Å². The molecule has 21 heavy (non-hydrogen) atoms. The molecule has 0 bridgehead atoms. The van der Waals surface area contributed by atoms with Crippen molar-refractivity contribution in [1.82, 2.24) is 0 Å². The minimum Gasteiger partial charge on any atom is -0.813 e. The van der Waals surface area contributed by atoms with Gasteiger partial charge >= 0.3 is 132 Å². The first-order valence-corrected chi connectivity index (χ1v) is 14.4. The molecule has 0 aliphatic rings. The van der Waals surface area contributed by atoms with Crippen molar-refractivity contribution in [2.24, 2.45) is 11.8 Å². The second kappa shape index (κ2) is 19.5. The Bertz CT molecular complexity index is 208. The predicted octanol–water partition coefficient (Wildman–Crippen LogP) is 4.44. The molecule has 0 N–H and O–H groups in total. The molecular formula is C16H35NdO3P. The molecule has 0 fully saturated rings. The maximum atomic E-state index is 8.52. The normalized spacial score (nSPS) is 13.3. The Morgan fingerprint density at radius 1 is 0.857 bits per heavy atom. The van der Waals surface area contributed by atoms with E-state index in [1.165, 1.54) is 51.4 Å². The van der Waals surface area contributed by atoms with Crippen LogP contribution in [0.1, 0.15) is 79.1 Å². The van der Waals surface area contributed by atoms with E-state index in [9.17, 15) is 0 Å². The molecule has 0 saturated carbocycles. The van der Waals surface area contributed by atoms with Gasteiger partial charge in [-0.1, -0.05) is 8.25 Å². The molecular weight excluding hydrogens is 415 g/mol. The molecule has 0 radical (unpaired) electrons. The van der Waals surface area contributed by atoms with Gasteiger partial charge in [0, 0.05) is 0 Å². The summed E-state index contributed by atoms with van der Waals surface area (Å²) in [5.41, 5.74) is 0. The first kappa shape index (κ1) is 24.7. The smallest absolute Gasteiger partial charge is 0.0813 e. The number of hydrogen-bond acceptors (Lipinski definition) is 3. The average Bonchev–Trinajstić information content (AvgIpc) is 2.45. The van der Waals surface area contributed by atoms with Crippen LogP contribution in [0.3, 0.4) is 0 Å². The van der Waals surface area contributed by atoms with E-state index in [1.54, 1.807) is 4.14 Å². The van der Waals surface area contributed by atoms with Crippen molar-refractivity contribution < 1.29 is 51.1 Å². The topological polar surface area (TPSA) is 63.2 Å². The van der Waals surface area contributed by atoms with E-state index in [-0.39, 0.29) is 36.7 Å². The molecule has 0 aromatic heterocycles. The van der Waals surface area contributed by atoms with Crippen LogP contribution in [0.15, 0.2) is 0 Å². The summed E-state index contributed by atoms with van der Waals surface area (Å²) in [7, 11) is -3.63. The Labute approximate surface area is 153 Å². The molecule has 0 saturated heterocycles. The largest absolute Gasteiger partial charge is 0.813 e. The van der Waals surface area contributed by atoms with Crippen LogP contribution in [0.5, 0.6) is 0 Å². The van der Waals surface area contributed by atoms with Gasteiger partial charge in [0.15, 0.2) is 0 Å². The van der Waals surface area contributed by atoms with Gasteiger partial charge in [0.2, 0.25) is 0 Å². The fraction of sp³-hybridized carbons (Fsp3) is 1.00. The molecule has 0 aliphatic carbocycles. The van der Waals surface area contributed by atoms with Gasteiger partial charge in [-0.05, 0) is 0 Å². The van der Waals surface area contributed by atoms with Crippen molar-refractivity contribution in [2.45, 2.75) is 83.2 Å². The molecule has 5 heteroatoms. The third kappa shape index (κ3) is 21.5. The summed E-state index contributed by atoms with van der Waals surface area (Å²) in [4.78, 5) is 17.0. The summed E-state index contributed by atoms with van der Waals surface area (Å²) in [5.74, 6) is 2.20. The Hall–Kier alpha value is 1.50. The zero-order valence-corrected chi connectivity index (χ0v) is 18.7. The summed E-state index contributed by atoms with van der Waals surface area (Å²) in [6, 6.07) is 0. The van der Waals surface area contributed by atoms with Gasteiger partial charge in [-0.25, -0.2) is 0 Å². The third-order valence-electron chi connectivity index (χ3n) is 3.95. The molecule has 0 amide bonds. The van der Waals surface area contributed by atoms with Crippen LogP contribution < -0.4 is 9.79 Å². The molecule has 2 unspecified atom stereocenters. The summed E-state index contributed by atoms with van der Waals surface area (Å²) in [6.45, 7) is 9.45.